The first-order valence-electron chi connectivity index (χ1n) is 8.35. The minimum atomic E-state index is -0.217. The number of H-pyrrole nitrogens is 1. The zero-order chi connectivity index (χ0) is 15.5. The summed E-state index contributed by atoms with van der Waals surface area (Å²) in [5.41, 5.74) is 2.71. The Balaban J connectivity index is 1.60. The molecule has 2 atom stereocenters. The first kappa shape index (κ1) is 15.4. The van der Waals surface area contributed by atoms with Crippen LogP contribution in [0.3, 0.4) is 0 Å². The Morgan fingerprint density at radius 1 is 1.41 bits per heavy atom. The molecular formula is C17H25N3O2. The molecule has 120 valence electrons. The van der Waals surface area contributed by atoms with Crippen LogP contribution < -0.4 is 5.56 Å². The molecule has 22 heavy (non-hydrogen) atoms. The van der Waals surface area contributed by atoms with Crippen LogP contribution in [0.2, 0.25) is 0 Å². The molecule has 0 radical (unpaired) electrons. The standard InChI is InChI=1S/C17H25N3O2/c1-2-3-4-5-12-8-20(10-15(12)21)9-13-6-7-14-16(13)18-11-19-17(14)22/h6,11-12,15,21H,2-5,7-10H2,1H3,(H,18,19,22)/t12-,15-/m0/s1. The number of aromatic nitrogens is 2. The maximum absolute atomic E-state index is 11.8. The Bertz CT molecular complexity index is 608. The number of fused-ring (bicyclic) bond motifs is 1. The minimum absolute atomic E-state index is 0.0323. The van der Waals surface area contributed by atoms with E-state index in [4.69, 9.17) is 0 Å². The fraction of sp³-hybridized carbons (Fsp3) is 0.647. The van der Waals surface area contributed by atoms with Gasteiger partial charge in [-0.15, -0.1) is 0 Å². The van der Waals surface area contributed by atoms with Gasteiger partial charge in [0.2, 0.25) is 0 Å². The van der Waals surface area contributed by atoms with Crippen molar-refractivity contribution in [3.05, 3.63) is 34.0 Å². The SMILES string of the molecule is CCCCC[C@H]1CN(CC2=CCc3c2nc[nH]c3=O)C[C@@H]1O. The second kappa shape index (κ2) is 6.75. The Kier molecular flexibility index (Phi) is 4.74. The molecule has 0 amide bonds. The molecule has 5 nitrogen and oxygen atoms in total. The highest BCUT2D eigenvalue weighted by Crippen LogP contribution is 2.28. The van der Waals surface area contributed by atoms with E-state index < -0.39 is 0 Å². The number of rotatable bonds is 6. The average molecular weight is 303 g/mol. The Morgan fingerprint density at radius 2 is 2.27 bits per heavy atom. The molecule has 2 aliphatic rings. The second-order valence-corrected chi connectivity index (χ2v) is 6.51. The van der Waals surface area contributed by atoms with Crippen LogP contribution in [-0.2, 0) is 6.42 Å². The largest absolute Gasteiger partial charge is 0.391 e. The first-order chi connectivity index (χ1) is 10.7. The lowest BCUT2D eigenvalue weighted by Crippen LogP contribution is -2.24. The van der Waals surface area contributed by atoms with Crippen molar-refractivity contribution >= 4 is 5.57 Å². The molecule has 2 heterocycles. The molecule has 3 rings (SSSR count). The molecule has 1 aromatic heterocycles. The summed E-state index contributed by atoms with van der Waals surface area (Å²) in [7, 11) is 0. The number of nitrogens with one attached hydrogen (secondary N) is 1. The van der Waals surface area contributed by atoms with Crippen molar-refractivity contribution in [1.29, 1.82) is 0 Å². The lowest BCUT2D eigenvalue weighted by molar-refractivity contribution is 0.137. The lowest BCUT2D eigenvalue weighted by atomic mass is 9.98. The van der Waals surface area contributed by atoms with E-state index >= 15 is 0 Å². The second-order valence-electron chi connectivity index (χ2n) is 6.51. The predicted molar refractivity (Wildman–Crippen MR) is 86.6 cm³/mol. The zero-order valence-corrected chi connectivity index (χ0v) is 13.2. The molecule has 0 unspecified atom stereocenters. The van der Waals surface area contributed by atoms with Crippen molar-refractivity contribution < 1.29 is 5.11 Å². The van der Waals surface area contributed by atoms with Gasteiger partial charge in [0, 0.05) is 25.2 Å². The summed E-state index contributed by atoms with van der Waals surface area (Å²) in [5.74, 6) is 0.389. The quantitative estimate of drug-likeness (QED) is 0.783. The number of nitrogens with zero attached hydrogens (tertiary/aromatic N) is 2. The third-order valence-corrected chi connectivity index (χ3v) is 4.86. The molecule has 0 bridgehead atoms. The van der Waals surface area contributed by atoms with Crippen molar-refractivity contribution in [3.63, 3.8) is 0 Å². The Hall–Kier alpha value is -1.46. The van der Waals surface area contributed by atoms with Crippen molar-refractivity contribution in [2.45, 2.75) is 45.1 Å². The fourth-order valence-electron chi connectivity index (χ4n) is 3.61. The maximum Gasteiger partial charge on any atom is 0.254 e. The topological polar surface area (TPSA) is 69.2 Å². The van der Waals surface area contributed by atoms with Gasteiger partial charge >= 0.3 is 0 Å². The molecule has 5 heteroatoms. The van der Waals surface area contributed by atoms with Crippen LogP contribution >= 0.6 is 0 Å². The van der Waals surface area contributed by atoms with Crippen LogP contribution in [-0.4, -0.2) is 45.7 Å². The van der Waals surface area contributed by atoms with Crippen LogP contribution in [0.15, 0.2) is 17.2 Å². The molecule has 0 saturated carbocycles. The molecule has 2 N–H and O–H groups in total. The lowest BCUT2D eigenvalue weighted by Gasteiger charge is -2.16. The van der Waals surface area contributed by atoms with Gasteiger partial charge < -0.3 is 10.1 Å². The van der Waals surface area contributed by atoms with Crippen LogP contribution in [0.25, 0.3) is 5.57 Å². The zero-order valence-electron chi connectivity index (χ0n) is 13.2. The van der Waals surface area contributed by atoms with Crippen molar-refractivity contribution in [1.82, 2.24) is 14.9 Å². The van der Waals surface area contributed by atoms with Crippen molar-refractivity contribution in [3.8, 4) is 0 Å². The highest BCUT2D eigenvalue weighted by atomic mass is 16.3. The van der Waals surface area contributed by atoms with E-state index in [0.29, 0.717) is 12.3 Å². The highest BCUT2D eigenvalue weighted by molar-refractivity contribution is 5.70. The smallest absolute Gasteiger partial charge is 0.254 e. The van der Waals surface area contributed by atoms with Gasteiger partial charge in [-0.2, -0.15) is 0 Å². The van der Waals surface area contributed by atoms with Gasteiger partial charge in [0.25, 0.3) is 5.56 Å². The number of hydrogen-bond acceptors (Lipinski definition) is 4. The minimum Gasteiger partial charge on any atom is -0.391 e. The molecule has 1 aliphatic carbocycles. The van der Waals surface area contributed by atoms with Gasteiger partial charge in [0.15, 0.2) is 0 Å². The molecule has 1 aromatic rings. The molecule has 1 aliphatic heterocycles. The van der Waals surface area contributed by atoms with E-state index in [0.717, 1.165) is 42.9 Å². The third-order valence-electron chi connectivity index (χ3n) is 4.86. The number of β-amino-alcohol motifs (C(OH)–C–C–N with tert-alkyl or cyclic N) is 1. The van der Waals surface area contributed by atoms with Crippen molar-refractivity contribution in [2.75, 3.05) is 19.6 Å². The van der Waals surface area contributed by atoms with E-state index in [-0.39, 0.29) is 11.7 Å². The average Bonchev–Trinajstić information content (AvgIpc) is 3.05. The number of allylic oxidation sites excluding steroid dienone is 1. The first-order valence-corrected chi connectivity index (χ1v) is 8.35. The predicted octanol–water partition coefficient (Wildman–Crippen LogP) is 1.58. The summed E-state index contributed by atoms with van der Waals surface area (Å²) in [5, 5.41) is 10.2. The van der Waals surface area contributed by atoms with Gasteiger partial charge in [-0.25, -0.2) is 4.98 Å². The van der Waals surface area contributed by atoms with E-state index in [1.54, 1.807) is 0 Å². The van der Waals surface area contributed by atoms with Crippen LogP contribution in [0.4, 0.5) is 0 Å². The summed E-state index contributed by atoms with van der Waals surface area (Å²) in [6, 6.07) is 0. The monoisotopic (exact) mass is 303 g/mol. The number of unbranched alkanes of at least 4 members (excludes halogenated alkanes) is 2. The molecule has 0 spiro atoms. The third kappa shape index (κ3) is 3.15. The van der Waals surface area contributed by atoms with Gasteiger partial charge in [-0.3, -0.25) is 9.69 Å². The van der Waals surface area contributed by atoms with Crippen LogP contribution in [0.5, 0.6) is 0 Å². The molecule has 1 saturated heterocycles. The number of hydrogen-bond donors (Lipinski definition) is 2. The van der Waals surface area contributed by atoms with Crippen molar-refractivity contribution in [2.24, 2.45) is 5.92 Å². The number of aliphatic hydroxyl groups excluding tert-OH is 1. The summed E-state index contributed by atoms with van der Waals surface area (Å²) >= 11 is 0. The van der Waals surface area contributed by atoms with E-state index in [1.807, 2.05) is 0 Å². The molecule has 0 aromatic carbocycles. The Labute approximate surface area is 131 Å². The number of aliphatic hydroxyl groups is 1. The summed E-state index contributed by atoms with van der Waals surface area (Å²) in [6.07, 6.45) is 8.81. The summed E-state index contributed by atoms with van der Waals surface area (Å²) in [6.45, 7) is 4.66. The Morgan fingerprint density at radius 3 is 3.09 bits per heavy atom. The summed E-state index contributed by atoms with van der Waals surface area (Å²) < 4.78 is 0. The van der Waals surface area contributed by atoms with Gasteiger partial charge in [-0.05, 0) is 24.3 Å². The van der Waals surface area contributed by atoms with E-state index in [1.165, 1.54) is 25.6 Å². The van der Waals surface area contributed by atoms with Gasteiger partial charge in [-0.1, -0.05) is 32.3 Å². The number of aromatic amines is 1. The van der Waals surface area contributed by atoms with Gasteiger partial charge in [0.1, 0.15) is 0 Å². The molecule has 1 fully saturated rings. The number of likely N-dealkylation sites (tertiary alicyclic amines) is 1. The van der Waals surface area contributed by atoms with Crippen LogP contribution in [0.1, 0.15) is 43.9 Å². The fourth-order valence-corrected chi connectivity index (χ4v) is 3.61. The summed E-state index contributed by atoms with van der Waals surface area (Å²) in [4.78, 5) is 21.0. The van der Waals surface area contributed by atoms with Gasteiger partial charge in [0.05, 0.1) is 18.1 Å². The maximum atomic E-state index is 11.8. The van der Waals surface area contributed by atoms with Crippen LogP contribution in [0, 0.1) is 5.92 Å². The molecular weight excluding hydrogens is 278 g/mol. The van der Waals surface area contributed by atoms with E-state index in [2.05, 4.69) is 27.9 Å². The van der Waals surface area contributed by atoms with E-state index in [9.17, 15) is 9.90 Å². The normalized spacial score (nSPS) is 24.5. The highest BCUT2D eigenvalue weighted by Gasteiger charge is 2.32.